The van der Waals surface area contributed by atoms with E-state index in [-0.39, 0.29) is 5.75 Å². The summed E-state index contributed by atoms with van der Waals surface area (Å²) in [5.41, 5.74) is 2.00. The summed E-state index contributed by atoms with van der Waals surface area (Å²) in [6.07, 6.45) is 1.56. The Kier molecular flexibility index (Phi) is 6.41. The zero-order chi connectivity index (χ0) is 15.8. The number of hydrogen-bond donors (Lipinski definition) is 1. The molecule has 0 saturated carbocycles. The third kappa shape index (κ3) is 4.57. The summed E-state index contributed by atoms with van der Waals surface area (Å²) in [5, 5.41) is 10.1. The second-order valence-electron chi connectivity index (χ2n) is 4.95. The van der Waals surface area contributed by atoms with Crippen LogP contribution in [0.15, 0.2) is 42.5 Å². The fraction of sp³-hybridized carbons (Fsp3) is 0.333. The van der Waals surface area contributed by atoms with Gasteiger partial charge >= 0.3 is 0 Å². The maximum absolute atomic E-state index is 10.1. The molecule has 2 rings (SSSR count). The monoisotopic (exact) mass is 320 g/mol. The van der Waals surface area contributed by atoms with E-state index in [2.05, 4.69) is 0 Å². The molecule has 118 valence electrons. The molecule has 0 aliphatic carbocycles. The number of phenolic OH excluding ortho intramolecular Hbond substituents is 1. The molecule has 0 amide bonds. The van der Waals surface area contributed by atoms with Gasteiger partial charge < -0.3 is 14.6 Å². The summed E-state index contributed by atoms with van der Waals surface area (Å²) >= 11 is 5.67. The van der Waals surface area contributed by atoms with Gasteiger partial charge in [-0.05, 0) is 30.0 Å². The van der Waals surface area contributed by atoms with Crippen LogP contribution in [0.3, 0.4) is 0 Å². The Bertz CT molecular complexity index is 584. The van der Waals surface area contributed by atoms with Gasteiger partial charge in [-0.15, -0.1) is 11.6 Å². The molecule has 0 unspecified atom stereocenters. The van der Waals surface area contributed by atoms with E-state index in [4.69, 9.17) is 21.1 Å². The summed E-state index contributed by atoms with van der Waals surface area (Å²) in [4.78, 5) is 0. The second kappa shape index (κ2) is 8.54. The van der Waals surface area contributed by atoms with Crippen LogP contribution in [0.4, 0.5) is 0 Å². The zero-order valence-electron chi connectivity index (χ0n) is 12.7. The van der Waals surface area contributed by atoms with Crippen LogP contribution in [-0.2, 0) is 13.0 Å². The molecule has 0 aliphatic heterocycles. The summed E-state index contributed by atoms with van der Waals surface area (Å²) in [6.45, 7) is 2.98. The molecule has 22 heavy (non-hydrogen) atoms. The van der Waals surface area contributed by atoms with Crippen LogP contribution in [0.2, 0.25) is 0 Å². The van der Waals surface area contributed by atoms with Gasteiger partial charge in [-0.1, -0.05) is 37.3 Å². The maximum atomic E-state index is 10.1. The van der Waals surface area contributed by atoms with E-state index in [1.165, 1.54) is 0 Å². The largest absolute Gasteiger partial charge is 0.504 e. The Balaban J connectivity index is 2.10. The maximum Gasteiger partial charge on any atom is 0.165 e. The average molecular weight is 321 g/mol. The van der Waals surface area contributed by atoms with E-state index in [1.54, 1.807) is 12.1 Å². The molecular formula is C18H21ClO3. The van der Waals surface area contributed by atoms with Crippen LogP contribution in [0, 0.1) is 0 Å². The van der Waals surface area contributed by atoms with Crippen molar-refractivity contribution in [1.82, 2.24) is 0 Å². The lowest BCUT2D eigenvalue weighted by molar-refractivity contribution is 0.280. The smallest absolute Gasteiger partial charge is 0.165 e. The number of aromatic hydroxyl groups is 1. The molecular weight excluding hydrogens is 300 g/mol. The van der Waals surface area contributed by atoms with E-state index in [0.29, 0.717) is 24.8 Å². The molecule has 0 saturated heterocycles. The van der Waals surface area contributed by atoms with E-state index in [9.17, 15) is 5.11 Å². The third-order valence-electron chi connectivity index (χ3n) is 3.30. The van der Waals surface area contributed by atoms with Crippen molar-refractivity contribution in [3.05, 3.63) is 53.6 Å². The lowest BCUT2D eigenvalue weighted by Crippen LogP contribution is -2.02. The van der Waals surface area contributed by atoms with Crippen LogP contribution >= 0.6 is 11.6 Å². The van der Waals surface area contributed by atoms with Crippen molar-refractivity contribution < 1.29 is 14.6 Å². The van der Waals surface area contributed by atoms with Gasteiger partial charge in [0.1, 0.15) is 12.4 Å². The first kappa shape index (κ1) is 16.5. The van der Waals surface area contributed by atoms with Gasteiger partial charge in [0.25, 0.3) is 0 Å². The highest BCUT2D eigenvalue weighted by atomic mass is 35.5. The van der Waals surface area contributed by atoms with E-state index in [0.717, 1.165) is 29.7 Å². The highest BCUT2D eigenvalue weighted by Crippen LogP contribution is 2.35. The van der Waals surface area contributed by atoms with E-state index < -0.39 is 0 Å². The second-order valence-corrected chi connectivity index (χ2v) is 5.32. The fourth-order valence-electron chi connectivity index (χ4n) is 2.09. The standard InChI is InChI=1S/C18H21ClO3/c1-2-15-11-16(20)18(12-17(15)21-10-6-9-19)22-13-14-7-4-3-5-8-14/h3-5,7-8,11-12,20H,2,6,9-10,13H2,1H3. The molecule has 0 spiro atoms. The Morgan fingerprint density at radius 1 is 1.05 bits per heavy atom. The van der Waals surface area contributed by atoms with E-state index >= 15 is 0 Å². The number of aryl methyl sites for hydroxylation is 1. The van der Waals surface area contributed by atoms with Gasteiger partial charge in [0.15, 0.2) is 11.5 Å². The lowest BCUT2D eigenvalue weighted by atomic mass is 10.1. The van der Waals surface area contributed by atoms with Crippen molar-refractivity contribution in [2.24, 2.45) is 0 Å². The molecule has 0 atom stereocenters. The van der Waals surface area contributed by atoms with Crippen LogP contribution < -0.4 is 9.47 Å². The first-order valence-corrected chi connectivity index (χ1v) is 7.99. The average Bonchev–Trinajstić information content (AvgIpc) is 2.55. The Labute approximate surface area is 136 Å². The predicted molar refractivity (Wildman–Crippen MR) is 89.1 cm³/mol. The number of rotatable bonds is 8. The SMILES string of the molecule is CCc1cc(O)c(OCc2ccccc2)cc1OCCCCl. The number of alkyl halides is 1. The van der Waals surface area contributed by atoms with Gasteiger partial charge in [0.05, 0.1) is 6.61 Å². The minimum Gasteiger partial charge on any atom is -0.504 e. The van der Waals surface area contributed by atoms with Gasteiger partial charge in [-0.25, -0.2) is 0 Å². The van der Waals surface area contributed by atoms with Gasteiger partial charge in [-0.3, -0.25) is 0 Å². The van der Waals surface area contributed by atoms with Crippen molar-refractivity contribution in [1.29, 1.82) is 0 Å². The Morgan fingerprint density at radius 3 is 2.50 bits per heavy atom. The molecule has 0 heterocycles. The molecule has 2 aromatic rings. The van der Waals surface area contributed by atoms with E-state index in [1.807, 2.05) is 37.3 Å². The van der Waals surface area contributed by atoms with Crippen LogP contribution in [0.25, 0.3) is 0 Å². The quantitative estimate of drug-likeness (QED) is 0.573. The molecule has 4 heteroatoms. The molecule has 0 aromatic heterocycles. The summed E-state index contributed by atoms with van der Waals surface area (Å²) in [5.74, 6) is 1.88. The van der Waals surface area contributed by atoms with Crippen molar-refractivity contribution in [3.8, 4) is 17.2 Å². The van der Waals surface area contributed by atoms with Crippen LogP contribution in [-0.4, -0.2) is 17.6 Å². The molecule has 0 bridgehead atoms. The molecule has 0 fully saturated rings. The first-order valence-electron chi connectivity index (χ1n) is 7.46. The predicted octanol–water partition coefficient (Wildman–Crippen LogP) is 4.54. The van der Waals surface area contributed by atoms with Gasteiger partial charge in [-0.2, -0.15) is 0 Å². The molecule has 3 nitrogen and oxygen atoms in total. The number of hydrogen-bond acceptors (Lipinski definition) is 3. The number of halogens is 1. The van der Waals surface area contributed by atoms with Crippen LogP contribution in [0.1, 0.15) is 24.5 Å². The number of benzene rings is 2. The summed E-state index contributed by atoms with van der Waals surface area (Å²) in [7, 11) is 0. The third-order valence-corrected chi connectivity index (χ3v) is 3.56. The highest BCUT2D eigenvalue weighted by molar-refractivity contribution is 6.17. The molecule has 2 aromatic carbocycles. The first-order chi connectivity index (χ1) is 10.7. The summed E-state index contributed by atoms with van der Waals surface area (Å²) < 4.78 is 11.5. The normalized spacial score (nSPS) is 10.5. The lowest BCUT2D eigenvalue weighted by Gasteiger charge is -2.14. The van der Waals surface area contributed by atoms with Crippen molar-refractivity contribution in [2.75, 3.05) is 12.5 Å². The summed E-state index contributed by atoms with van der Waals surface area (Å²) in [6, 6.07) is 13.3. The fourth-order valence-corrected chi connectivity index (χ4v) is 2.20. The Hall–Kier alpha value is -1.87. The minimum atomic E-state index is 0.137. The zero-order valence-corrected chi connectivity index (χ0v) is 13.5. The highest BCUT2D eigenvalue weighted by Gasteiger charge is 2.11. The molecule has 0 radical (unpaired) electrons. The minimum absolute atomic E-state index is 0.137. The van der Waals surface area contributed by atoms with Crippen LogP contribution in [0.5, 0.6) is 17.2 Å². The van der Waals surface area contributed by atoms with Gasteiger partial charge in [0.2, 0.25) is 0 Å². The molecule has 0 aliphatic rings. The Morgan fingerprint density at radius 2 is 1.82 bits per heavy atom. The van der Waals surface area contributed by atoms with Crippen molar-refractivity contribution in [3.63, 3.8) is 0 Å². The number of phenols is 1. The van der Waals surface area contributed by atoms with Gasteiger partial charge in [0, 0.05) is 11.9 Å². The van der Waals surface area contributed by atoms with Crippen molar-refractivity contribution >= 4 is 11.6 Å². The topological polar surface area (TPSA) is 38.7 Å². The van der Waals surface area contributed by atoms with Crippen molar-refractivity contribution in [2.45, 2.75) is 26.4 Å². The molecule has 1 N–H and O–H groups in total. The number of ether oxygens (including phenoxy) is 2.